The third-order valence-electron chi connectivity index (χ3n) is 8.26. The van der Waals surface area contributed by atoms with Crippen molar-refractivity contribution in [1.82, 2.24) is 19.4 Å². The number of carbonyl (C=O) groups is 1. The van der Waals surface area contributed by atoms with Crippen LogP contribution in [0.25, 0.3) is 22.2 Å². The Morgan fingerprint density at radius 1 is 1.24 bits per heavy atom. The number of anilines is 4. The second kappa shape index (κ2) is 10.7. The van der Waals surface area contributed by atoms with Crippen molar-refractivity contribution in [3.63, 3.8) is 0 Å². The first-order valence-electron chi connectivity index (χ1n) is 14.0. The maximum atomic E-state index is 12.4. The highest BCUT2D eigenvalue weighted by Crippen LogP contribution is 2.38. The van der Waals surface area contributed by atoms with Crippen LogP contribution in [-0.2, 0) is 17.8 Å². The van der Waals surface area contributed by atoms with Crippen LogP contribution in [-0.4, -0.2) is 58.6 Å². The number of likely N-dealkylation sites (N-methyl/N-ethyl adjacent to an activating group) is 1. The molecular weight excluding hydrogens is 512 g/mol. The average molecular weight is 547 g/mol. The van der Waals surface area contributed by atoms with Crippen LogP contribution in [0.3, 0.4) is 0 Å². The van der Waals surface area contributed by atoms with Crippen molar-refractivity contribution in [2.75, 3.05) is 42.7 Å². The van der Waals surface area contributed by atoms with Gasteiger partial charge in [-0.1, -0.05) is 24.8 Å². The number of para-hydroxylation sites is 1. The van der Waals surface area contributed by atoms with Crippen molar-refractivity contribution < 1.29 is 4.79 Å². The minimum absolute atomic E-state index is 0.269. The molecule has 9 heteroatoms. The third-order valence-corrected chi connectivity index (χ3v) is 8.26. The number of hydrogen-bond donors (Lipinski definition) is 2. The molecule has 0 bridgehead atoms. The molecule has 2 aromatic heterocycles. The molecule has 0 aliphatic carbocycles. The van der Waals surface area contributed by atoms with Crippen molar-refractivity contribution in [2.45, 2.75) is 38.8 Å². The van der Waals surface area contributed by atoms with Crippen molar-refractivity contribution >= 4 is 39.8 Å². The second-order valence-electron chi connectivity index (χ2n) is 11.1. The summed E-state index contributed by atoms with van der Waals surface area (Å²) in [5, 5.41) is 17.4. The molecule has 1 amide bonds. The zero-order valence-corrected chi connectivity index (χ0v) is 23.7. The van der Waals surface area contributed by atoms with Gasteiger partial charge in [0, 0.05) is 48.5 Å². The van der Waals surface area contributed by atoms with Gasteiger partial charge in [0.2, 0.25) is 11.9 Å². The molecule has 2 aromatic carbocycles. The van der Waals surface area contributed by atoms with E-state index in [9.17, 15) is 10.1 Å². The van der Waals surface area contributed by atoms with Gasteiger partial charge in [0.05, 0.1) is 34.3 Å². The molecule has 4 aromatic rings. The highest BCUT2D eigenvalue weighted by atomic mass is 16.1. The summed E-state index contributed by atoms with van der Waals surface area (Å²) >= 11 is 0. The second-order valence-corrected chi connectivity index (χ2v) is 11.1. The predicted molar refractivity (Wildman–Crippen MR) is 164 cm³/mol. The lowest BCUT2D eigenvalue weighted by Gasteiger charge is -2.25. The molecule has 0 spiro atoms. The summed E-state index contributed by atoms with van der Waals surface area (Å²) in [4.78, 5) is 26.3. The van der Waals surface area contributed by atoms with E-state index >= 15 is 0 Å². The number of hydrogen-bond acceptors (Lipinski definition) is 7. The average Bonchev–Trinajstić information content (AvgIpc) is 3.62. The van der Waals surface area contributed by atoms with Crippen LogP contribution in [0.2, 0.25) is 0 Å². The number of aryl methyl sites for hydroxylation is 3. The summed E-state index contributed by atoms with van der Waals surface area (Å²) < 4.78 is 2.27. The summed E-state index contributed by atoms with van der Waals surface area (Å²) in [7, 11) is 4.20. The molecule has 0 unspecified atom stereocenters. The van der Waals surface area contributed by atoms with E-state index in [1.807, 2.05) is 13.0 Å². The van der Waals surface area contributed by atoms with Crippen molar-refractivity contribution in [3.05, 3.63) is 72.1 Å². The fraction of sp³-hybridized carbons (Fsp3) is 0.312. The molecule has 1 fully saturated rings. The van der Waals surface area contributed by atoms with Crippen molar-refractivity contribution in [3.8, 4) is 17.3 Å². The zero-order valence-electron chi connectivity index (χ0n) is 23.7. The number of rotatable bonds is 7. The Bertz CT molecular complexity index is 1710. The quantitative estimate of drug-likeness (QED) is 0.306. The molecular formula is C32H34N8O. The SMILES string of the molecule is C=CC(=O)Nc1cc(Nc2ncc(C#N)c(-c3cn4c5c(cccc35)CCC4)n2)c(C)cc1N1CC[C@H](N(C)C)C1. The Kier molecular flexibility index (Phi) is 6.93. The summed E-state index contributed by atoms with van der Waals surface area (Å²) in [6, 6.07) is 13.1. The predicted octanol–water partition coefficient (Wildman–Crippen LogP) is 5.23. The number of nitrogens with one attached hydrogen (secondary N) is 2. The van der Waals surface area contributed by atoms with E-state index in [1.165, 1.54) is 17.2 Å². The summed E-state index contributed by atoms with van der Waals surface area (Å²) in [5.74, 6) is 0.117. The van der Waals surface area contributed by atoms with Gasteiger partial charge in [-0.25, -0.2) is 9.97 Å². The zero-order chi connectivity index (χ0) is 28.7. The standard InChI is InChI=1S/C32H34N8O/c1-5-29(41)35-27-15-26(20(2)14-28(27)39-13-11-23(18-39)38(3)4)36-32-34-17-22(16-33)30(37-32)25-19-40-12-7-9-21-8-6-10-24(25)31(21)40/h5-6,8,10,14-15,17,19,23H,1,7,9,11-13,18H2,2-4H3,(H,35,41)(H,34,36,37)/t23-/m0/s1. The summed E-state index contributed by atoms with van der Waals surface area (Å²) in [6.45, 7) is 8.39. The van der Waals surface area contributed by atoms with Crippen LogP contribution in [0, 0.1) is 18.3 Å². The van der Waals surface area contributed by atoms with Gasteiger partial charge >= 0.3 is 0 Å². The van der Waals surface area contributed by atoms with E-state index in [4.69, 9.17) is 4.98 Å². The Balaban J connectivity index is 1.38. The molecule has 2 aliphatic rings. The van der Waals surface area contributed by atoms with E-state index in [2.05, 4.69) is 87.2 Å². The molecule has 6 rings (SSSR count). The van der Waals surface area contributed by atoms with Gasteiger partial charge in [-0.05, 0) is 69.6 Å². The highest BCUT2D eigenvalue weighted by Gasteiger charge is 2.27. The van der Waals surface area contributed by atoms with Gasteiger partial charge in [-0.15, -0.1) is 0 Å². The van der Waals surface area contributed by atoms with E-state index in [-0.39, 0.29) is 5.91 Å². The highest BCUT2D eigenvalue weighted by molar-refractivity contribution is 6.02. The number of carbonyl (C=O) groups excluding carboxylic acids is 1. The normalized spacial score (nSPS) is 16.2. The van der Waals surface area contributed by atoms with Crippen LogP contribution in [0.15, 0.2) is 55.4 Å². The van der Waals surface area contributed by atoms with Crippen LogP contribution >= 0.6 is 0 Å². The van der Waals surface area contributed by atoms with Gasteiger partial charge in [0.1, 0.15) is 6.07 Å². The number of nitriles is 1. The molecule has 1 atom stereocenters. The van der Waals surface area contributed by atoms with E-state index < -0.39 is 0 Å². The monoisotopic (exact) mass is 546 g/mol. The van der Waals surface area contributed by atoms with Crippen LogP contribution in [0.5, 0.6) is 0 Å². The summed E-state index contributed by atoms with van der Waals surface area (Å²) in [6.07, 6.45) is 8.16. The van der Waals surface area contributed by atoms with Crippen molar-refractivity contribution in [1.29, 1.82) is 5.26 Å². The topological polar surface area (TPSA) is 102 Å². The van der Waals surface area contributed by atoms with E-state index in [1.54, 1.807) is 6.20 Å². The largest absolute Gasteiger partial charge is 0.368 e. The lowest BCUT2D eigenvalue weighted by molar-refractivity contribution is -0.111. The number of benzene rings is 2. The Morgan fingerprint density at radius 3 is 2.85 bits per heavy atom. The van der Waals surface area contributed by atoms with Gasteiger partial charge in [0.25, 0.3) is 0 Å². The number of aromatic nitrogens is 3. The maximum absolute atomic E-state index is 12.4. The molecule has 2 aliphatic heterocycles. The molecule has 0 saturated carbocycles. The fourth-order valence-corrected chi connectivity index (χ4v) is 6.05. The molecule has 208 valence electrons. The number of amides is 1. The van der Waals surface area contributed by atoms with Crippen molar-refractivity contribution in [2.24, 2.45) is 0 Å². The Hall–Kier alpha value is -4.68. The molecule has 1 saturated heterocycles. The first kappa shape index (κ1) is 26.5. The van der Waals surface area contributed by atoms with E-state index in [0.29, 0.717) is 28.9 Å². The smallest absolute Gasteiger partial charge is 0.247 e. The first-order chi connectivity index (χ1) is 19.9. The maximum Gasteiger partial charge on any atom is 0.247 e. The van der Waals surface area contributed by atoms with Gasteiger partial charge in [0.15, 0.2) is 0 Å². The number of nitrogens with zero attached hydrogens (tertiary/aromatic N) is 6. The fourth-order valence-electron chi connectivity index (χ4n) is 6.05. The molecule has 41 heavy (non-hydrogen) atoms. The van der Waals surface area contributed by atoms with Gasteiger partial charge in [-0.3, -0.25) is 4.79 Å². The van der Waals surface area contributed by atoms with Crippen LogP contribution in [0.4, 0.5) is 23.0 Å². The van der Waals surface area contributed by atoms with Gasteiger partial charge in [-0.2, -0.15) is 5.26 Å². The molecule has 9 nitrogen and oxygen atoms in total. The summed E-state index contributed by atoms with van der Waals surface area (Å²) in [5.41, 5.74) is 7.95. The lowest BCUT2D eigenvalue weighted by Crippen LogP contribution is -2.31. The van der Waals surface area contributed by atoms with Crippen LogP contribution < -0.4 is 15.5 Å². The molecule has 2 N–H and O–H groups in total. The van der Waals surface area contributed by atoms with Gasteiger partial charge < -0.3 is 25.0 Å². The Morgan fingerprint density at radius 2 is 2.10 bits per heavy atom. The Labute approximate surface area is 240 Å². The minimum Gasteiger partial charge on any atom is -0.368 e. The first-order valence-corrected chi connectivity index (χ1v) is 14.0. The van der Waals surface area contributed by atoms with E-state index in [0.717, 1.165) is 66.8 Å². The molecule has 0 radical (unpaired) electrons. The lowest BCUT2D eigenvalue weighted by atomic mass is 10.0. The third kappa shape index (κ3) is 4.92. The molecule has 4 heterocycles. The minimum atomic E-state index is -0.269. The van der Waals surface area contributed by atoms with Crippen LogP contribution in [0.1, 0.15) is 29.5 Å².